The first-order chi connectivity index (χ1) is 8.08. The number of nitrogens with two attached hydrogens (primary N) is 1. The Morgan fingerprint density at radius 1 is 1.53 bits per heavy atom. The maximum atomic E-state index is 11.9. The normalized spacial score (nSPS) is 20.6. The molecule has 1 aromatic heterocycles. The molecule has 6 nitrogen and oxygen atoms in total. The van der Waals surface area contributed by atoms with E-state index < -0.39 is 10.0 Å². The highest BCUT2D eigenvalue weighted by molar-refractivity contribution is 7.89. The number of anilines is 1. The topological polar surface area (TPSA) is 94.3 Å². The second-order valence-corrected chi connectivity index (χ2v) is 5.67. The molecule has 2 rings (SSSR count). The third-order valence-electron chi connectivity index (χ3n) is 2.59. The van der Waals surface area contributed by atoms with Crippen LogP contribution in [0.2, 0.25) is 0 Å². The predicted octanol–water partition coefficient (Wildman–Crippen LogP) is 0.121. The molecule has 0 aliphatic carbocycles. The minimum Gasteiger partial charge on any atom is -0.384 e. The van der Waals surface area contributed by atoms with Gasteiger partial charge in [0.2, 0.25) is 10.0 Å². The van der Waals surface area contributed by atoms with E-state index in [0.29, 0.717) is 19.0 Å². The average molecular weight is 257 g/mol. The summed E-state index contributed by atoms with van der Waals surface area (Å²) in [4.78, 5) is 3.87. The van der Waals surface area contributed by atoms with E-state index in [4.69, 9.17) is 10.5 Å². The van der Waals surface area contributed by atoms with Crippen molar-refractivity contribution in [3.63, 3.8) is 0 Å². The molecule has 0 aromatic carbocycles. The van der Waals surface area contributed by atoms with Gasteiger partial charge in [0.05, 0.1) is 6.10 Å². The first kappa shape index (κ1) is 12.3. The smallest absolute Gasteiger partial charge is 0.242 e. The van der Waals surface area contributed by atoms with Crippen LogP contribution < -0.4 is 10.5 Å². The van der Waals surface area contributed by atoms with E-state index in [0.717, 1.165) is 12.8 Å². The van der Waals surface area contributed by atoms with Gasteiger partial charge in [-0.2, -0.15) is 0 Å². The van der Waals surface area contributed by atoms with E-state index in [1.807, 2.05) is 0 Å². The fourth-order valence-electron chi connectivity index (χ4n) is 1.64. The Morgan fingerprint density at radius 3 is 2.94 bits per heavy atom. The molecular formula is C10H15N3O3S. The molecule has 1 fully saturated rings. The van der Waals surface area contributed by atoms with Gasteiger partial charge in [-0.3, -0.25) is 0 Å². The van der Waals surface area contributed by atoms with Crippen molar-refractivity contribution in [1.82, 2.24) is 9.71 Å². The lowest BCUT2D eigenvalue weighted by Crippen LogP contribution is -2.31. The van der Waals surface area contributed by atoms with Gasteiger partial charge in [-0.1, -0.05) is 0 Å². The number of aromatic nitrogens is 1. The number of nitrogens with zero attached hydrogens (tertiary/aromatic N) is 1. The van der Waals surface area contributed by atoms with Gasteiger partial charge < -0.3 is 10.5 Å². The third kappa shape index (κ3) is 3.15. The maximum absolute atomic E-state index is 11.9. The molecule has 2 heterocycles. The zero-order valence-corrected chi connectivity index (χ0v) is 10.1. The SMILES string of the molecule is Nc1ccc(S(=O)(=O)NCC2CCCO2)cn1. The van der Waals surface area contributed by atoms with Gasteiger partial charge in [-0.05, 0) is 25.0 Å². The number of ether oxygens (including phenoxy) is 1. The largest absolute Gasteiger partial charge is 0.384 e. The van der Waals surface area contributed by atoms with Crippen LogP contribution in [-0.4, -0.2) is 32.7 Å². The summed E-state index contributed by atoms with van der Waals surface area (Å²) in [6.45, 7) is 1.00. The van der Waals surface area contributed by atoms with Crippen LogP contribution in [0.25, 0.3) is 0 Å². The molecule has 0 spiro atoms. The quantitative estimate of drug-likeness (QED) is 0.799. The van der Waals surface area contributed by atoms with E-state index in [1.54, 1.807) is 0 Å². The van der Waals surface area contributed by atoms with E-state index in [9.17, 15) is 8.42 Å². The molecule has 1 aromatic rings. The van der Waals surface area contributed by atoms with E-state index in [-0.39, 0.29) is 11.0 Å². The van der Waals surface area contributed by atoms with Crippen LogP contribution >= 0.6 is 0 Å². The van der Waals surface area contributed by atoms with E-state index >= 15 is 0 Å². The van der Waals surface area contributed by atoms with Gasteiger partial charge in [-0.25, -0.2) is 18.1 Å². The number of hydrogen-bond donors (Lipinski definition) is 2. The number of sulfonamides is 1. The predicted molar refractivity (Wildman–Crippen MR) is 62.8 cm³/mol. The van der Waals surface area contributed by atoms with Crippen LogP contribution in [-0.2, 0) is 14.8 Å². The molecule has 0 radical (unpaired) electrons. The highest BCUT2D eigenvalue weighted by Crippen LogP contribution is 2.13. The number of pyridine rings is 1. The number of nitrogens with one attached hydrogen (secondary N) is 1. The molecule has 94 valence electrons. The molecule has 1 aliphatic rings. The second-order valence-electron chi connectivity index (χ2n) is 3.91. The molecule has 1 unspecified atom stereocenters. The van der Waals surface area contributed by atoms with Crippen LogP contribution in [0.15, 0.2) is 23.2 Å². The second kappa shape index (κ2) is 4.99. The molecule has 17 heavy (non-hydrogen) atoms. The summed E-state index contributed by atoms with van der Waals surface area (Å²) in [6.07, 6.45) is 3.09. The summed E-state index contributed by atoms with van der Waals surface area (Å²) >= 11 is 0. The summed E-state index contributed by atoms with van der Waals surface area (Å²) < 4.78 is 31.5. The summed E-state index contributed by atoms with van der Waals surface area (Å²) in [5.74, 6) is 0.295. The Morgan fingerprint density at radius 2 is 2.35 bits per heavy atom. The molecule has 0 bridgehead atoms. The van der Waals surface area contributed by atoms with Crippen LogP contribution in [0.5, 0.6) is 0 Å². The highest BCUT2D eigenvalue weighted by Gasteiger charge is 2.20. The first-order valence-electron chi connectivity index (χ1n) is 5.41. The summed E-state index contributed by atoms with van der Waals surface area (Å²) in [6, 6.07) is 2.89. The van der Waals surface area contributed by atoms with Gasteiger partial charge in [-0.15, -0.1) is 0 Å². The molecule has 7 heteroatoms. The van der Waals surface area contributed by atoms with Gasteiger partial charge >= 0.3 is 0 Å². The molecule has 3 N–H and O–H groups in total. The molecule has 1 saturated heterocycles. The van der Waals surface area contributed by atoms with Crippen LogP contribution in [0.1, 0.15) is 12.8 Å². The third-order valence-corrected chi connectivity index (χ3v) is 4.00. The van der Waals surface area contributed by atoms with Crippen molar-refractivity contribution in [3.05, 3.63) is 18.3 Å². The van der Waals surface area contributed by atoms with Crippen molar-refractivity contribution in [2.75, 3.05) is 18.9 Å². The van der Waals surface area contributed by atoms with Crippen molar-refractivity contribution in [3.8, 4) is 0 Å². The first-order valence-corrected chi connectivity index (χ1v) is 6.89. The summed E-state index contributed by atoms with van der Waals surface area (Å²) in [5, 5.41) is 0. The van der Waals surface area contributed by atoms with Crippen LogP contribution in [0.3, 0.4) is 0 Å². The number of hydrogen-bond acceptors (Lipinski definition) is 5. The minimum atomic E-state index is -3.51. The van der Waals surface area contributed by atoms with Gasteiger partial charge in [0.1, 0.15) is 10.7 Å². The minimum absolute atomic E-state index is 0.0217. The number of rotatable bonds is 4. The van der Waals surface area contributed by atoms with Gasteiger partial charge in [0, 0.05) is 19.3 Å². The molecular weight excluding hydrogens is 242 g/mol. The monoisotopic (exact) mass is 257 g/mol. The fourth-order valence-corrected chi connectivity index (χ4v) is 2.65. The highest BCUT2D eigenvalue weighted by atomic mass is 32.2. The standard InChI is InChI=1S/C10H15N3O3S/c11-10-4-3-9(7-12-10)17(14,15)13-6-8-2-1-5-16-8/h3-4,7-8,13H,1-2,5-6H2,(H2,11,12). The Labute approximate surface area is 100 Å². The number of nitrogen functional groups attached to an aromatic ring is 1. The Hall–Kier alpha value is -1.18. The van der Waals surface area contributed by atoms with Crippen molar-refractivity contribution in [2.24, 2.45) is 0 Å². The lowest BCUT2D eigenvalue weighted by atomic mass is 10.2. The summed E-state index contributed by atoms with van der Waals surface area (Å²) in [5.41, 5.74) is 5.40. The summed E-state index contributed by atoms with van der Waals surface area (Å²) in [7, 11) is -3.51. The zero-order chi connectivity index (χ0) is 12.3. The molecule has 0 amide bonds. The molecule has 1 atom stereocenters. The van der Waals surface area contributed by atoms with Crippen LogP contribution in [0, 0.1) is 0 Å². The van der Waals surface area contributed by atoms with Crippen LogP contribution in [0.4, 0.5) is 5.82 Å². The molecule has 1 aliphatic heterocycles. The Bertz CT molecular complexity index is 466. The van der Waals surface area contributed by atoms with E-state index in [2.05, 4.69) is 9.71 Å². The van der Waals surface area contributed by atoms with Gasteiger partial charge in [0.15, 0.2) is 0 Å². The Balaban J connectivity index is 2.00. The van der Waals surface area contributed by atoms with Crippen molar-refractivity contribution in [2.45, 2.75) is 23.8 Å². The zero-order valence-electron chi connectivity index (χ0n) is 9.30. The van der Waals surface area contributed by atoms with Crippen molar-refractivity contribution < 1.29 is 13.2 Å². The lowest BCUT2D eigenvalue weighted by molar-refractivity contribution is 0.114. The average Bonchev–Trinajstić information content (AvgIpc) is 2.80. The van der Waals surface area contributed by atoms with Crippen molar-refractivity contribution >= 4 is 15.8 Å². The fraction of sp³-hybridized carbons (Fsp3) is 0.500. The lowest BCUT2D eigenvalue weighted by Gasteiger charge is -2.11. The van der Waals surface area contributed by atoms with Gasteiger partial charge in [0.25, 0.3) is 0 Å². The van der Waals surface area contributed by atoms with E-state index in [1.165, 1.54) is 18.3 Å². The molecule has 0 saturated carbocycles. The van der Waals surface area contributed by atoms with Crippen molar-refractivity contribution in [1.29, 1.82) is 0 Å². The maximum Gasteiger partial charge on any atom is 0.242 e. The Kier molecular flexibility index (Phi) is 3.60.